The van der Waals surface area contributed by atoms with E-state index in [1.807, 2.05) is 37.3 Å². The first-order chi connectivity index (χ1) is 14.1. The Morgan fingerprint density at radius 2 is 1.73 bits per heavy atom. The lowest BCUT2D eigenvalue weighted by molar-refractivity contribution is 0.102. The molecule has 2 aromatic carbocycles. The summed E-state index contributed by atoms with van der Waals surface area (Å²) in [6.45, 7) is 12.5. The van der Waals surface area contributed by atoms with Gasteiger partial charge in [0.2, 0.25) is 5.13 Å². The molecular formula is C24H26N4OS. The second kappa shape index (κ2) is 7.36. The molecule has 1 amide bonds. The number of fused-ring (bicyclic) bond motifs is 1. The summed E-state index contributed by atoms with van der Waals surface area (Å²) in [5.41, 5.74) is 6.00. The van der Waals surface area contributed by atoms with Crippen LogP contribution in [0.5, 0.6) is 0 Å². The highest BCUT2D eigenvalue weighted by molar-refractivity contribution is 7.20. The molecule has 4 rings (SSSR count). The molecule has 0 saturated heterocycles. The molecule has 2 aromatic heterocycles. The number of thiazole rings is 1. The highest BCUT2D eigenvalue weighted by atomic mass is 32.1. The fourth-order valence-electron chi connectivity index (χ4n) is 3.49. The van der Waals surface area contributed by atoms with E-state index >= 15 is 0 Å². The van der Waals surface area contributed by atoms with E-state index < -0.39 is 0 Å². The third-order valence-corrected chi connectivity index (χ3v) is 6.06. The predicted octanol–water partition coefficient (Wildman–Crippen LogP) is 5.96. The molecule has 0 fully saturated rings. The second-order valence-electron chi connectivity index (χ2n) is 8.79. The first-order valence-corrected chi connectivity index (χ1v) is 10.8. The Hall–Kier alpha value is -2.99. The van der Waals surface area contributed by atoms with Crippen molar-refractivity contribution < 1.29 is 4.79 Å². The van der Waals surface area contributed by atoms with Crippen molar-refractivity contribution in [3.8, 4) is 5.13 Å². The molecule has 0 saturated carbocycles. The van der Waals surface area contributed by atoms with Crippen LogP contribution in [0, 0.1) is 20.8 Å². The third-order valence-electron chi connectivity index (χ3n) is 5.09. The molecule has 1 N–H and O–H groups in total. The number of aromatic nitrogens is 3. The minimum Gasteiger partial charge on any atom is -0.306 e. The number of aryl methyl sites for hydroxylation is 3. The Kier molecular flexibility index (Phi) is 4.98. The molecule has 5 nitrogen and oxygen atoms in total. The van der Waals surface area contributed by atoms with E-state index in [1.54, 1.807) is 16.0 Å². The first-order valence-electron chi connectivity index (χ1n) is 9.98. The zero-order valence-electron chi connectivity index (χ0n) is 18.2. The molecule has 0 aliphatic carbocycles. The number of hydrogen-bond donors (Lipinski definition) is 1. The molecule has 0 atom stereocenters. The van der Waals surface area contributed by atoms with Crippen LogP contribution in [0.3, 0.4) is 0 Å². The van der Waals surface area contributed by atoms with Crippen molar-refractivity contribution in [2.24, 2.45) is 0 Å². The van der Waals surface area contributed by atoms with Crippen molar-refractivity contribution in [1.82, 2.24) is 14.8 Å². The standard InChI is InChI=1S/C24H26N4OS/c1-14-11-15(2)21-19(12-14)30-23(26-21)28-20(13-16(3)27-28)25-22(29)17-7-9-18(10-8-17)24(4,5)6/h7-13H,1-6H3,(H,25,29). The van der Waals surface area contributed by atoms with Crippen molar-refractivity contribution >= 4 is 33.3 Å². The van der Waals surface area contributed by atoms with Crippen LogP contribution in [0.15, 0.2) is 42.5 Å². The smallest absolute Gasteiger partial charge is 0.256 e. The van der Waals surface area contributed by atoms with Crippen LogP contribution in [0.4, 0.5) is 5.82 Å². The first kappa shape index (κ1) is 20.3. The number of carbonyl (C=O) groups excluding carboxylic acids is 1. The van der Waals surface area contributed by atoms with Crippen molar-refractivity contribution in [3.63, 3.8) is 0 Å². The zero-order valence-corrected chi connectivity index (χ0v) is 19.0. The molecule has 0 radical (unpaired) electrons. The van der Waals surface area contributed by atoms with Crippen molar-refractivity contribution in [2.75, 3.05) is 5.32 Å². The maximum atomic E-state index is 12.9. The quantitative estimate of drug-likeness (QED) is 0.447. The van der Waals surface area contributed by atoms with E-state index in [0.717, 1.165) is 26.6 Å². The van der Waals surface area contributed by atoms with Gasteiger partial charge in [0.15, 0.2) is 0 Å². The Labute approximate surface area is 180 Å². The van der Waals surface area contributed by atoms with Gasteiger partial charge in [-0.05, 0) is 61.1 Å². The van der Waals surface area contributed by atoms with Gasteiger partial charge in [0.25, 0.3) is 5.91 Å². The summed E-state index contributed by atoms with van der Waals surface area (Å²) >= 11 is 1.57. The van der Waals surface area contributed by atoms with Crippen LogP contribution >= 0.6 is 11.3 Å². The van der Waals surface area contributed by atoms with Gasteiger partial charge in [-0.3, -0.25) is 4.79 Å². The number of amides is 1. The lowest BCUT2D eigenvalue weighted by Crippen LogP contribution is -2.16. The van der Waals surface area contributed by atoms with Gasteiger partial charge in [-0.1, -0.05) is 50.3 Å². The molecule has 0 aliphatic heterocycles. The van der Waals surface area contributed by atoms with Gasteiger partial charge in [0.05, 0.1) is 15.9 Å². The number of hydrogen-bond acceptors (Lipinski definition) is 4. The Bertz CT molecular complexity index is 1240. The Balaban J connectivity index is 1.65. The van der Waals surface area contributed by atoms with Crippen LogP contribution in [0.25, 0.3) is 15.3 Å². The van der Waals surface area contributed by atoms with Gasteiger partial charge < -0.3 is 5.32 Å². The molecular weight excluding hydrogens is 392 g/mol. The molecule has 2 heterocycles. The van der Waals surface area contributed by atoms with Gasteiger partial charge in [-0.15, -0.1) is 0 Å². The largest absolute Gasteiger partial charge is 0.306 e. The topological polar surface area (TPSA) is 59.8 Å². The van der Waals surface area contributed by atoms with E-state index in [-0.39, 0.29) is 11.3 Å². The zero-order chi connectivity index (χ0) is 21.6. The Morgan fingerprint density at radius 1 is 1.03 bits per heavy atom. The van der Waals surface area contributed by atoms with E-state index in [9.17, 15) is 4.79 Å². The van der Waals surface area contributed by atoms with Gasteiger partial charge >= 0.3 is 0 Å². The maximum Gasteiger partial charge on any atom is 0.256 e. The molecule has 0 spiro atoms. The van der Waals surface area contributed by atoms with Gasteiger partial charge in [-0.25, -0.2) is 4.98 Å². The highest BCUT2D eigenvalue weighted by Gasteiger charge is 2.18. The predicted molar refractivity (Wildman–Crippen MR) is 124 cm³/mol. The van der Waals surface area contributed by atoms with E-state index in [4.69, 9.17) is 4.98 Å². The number of carbonyl (C=O) groups is 1. The van der Waals surface area contributed by atoms with E-state index in [1.165, 1.54) is 11.1 Å². The minimum atomic E-state index is -0.162. The fraction of sp³-hybridized carbons (Fsp3) is 0.292. The second-order valence-corrected chi connectivity index (χ2v) is 9.80. The van der Waals surface area contributed by atoms with Crippen molar-refractivity contribution in [2.45, 2.75) is 47.0 Å². The highest BCUT2D eigenvalue weighted by Crippen LogP contribution is 2.30. The summed E-state index contributed by atoms with van der Waals surface area (Å²) in [6, 6.07) is 13.9. The van der Waals surface area contributed by atoms with E-state index in [2.05, 4.69) is 57.2 Å². The number of benzene rings is 2. The summed E-state index contributed by atoms with van der Waals surface area (Å²) in [7, 11) is 0. The summed E-state index contributed by atoms with van der Waals surface area (Å²) < 4.78 is 2.83. The molecule has 0 unspecified atom stereocenters. The third kappa shape index (κ3) is 3.87. The van der Waals surface area contributed by atoms with Crippen LogP contribution in [-0.4, -0.2) is 20.7 Å². The lowest BCUT2D eigenvalue weighted by Gasteiger charge is -2.19. The van der Waals surface area contributed by atoms with Crippen LogP contribution in [-0.2, 0) is 5.41 Å². The van der Waals surface area contributed by atoms with Gasteiger partial charge in [-0.2, -0.15) is 9.78 Å². The van der Waals surface area contributed by atoms with E-state index in [0.29, 0.717) is 11.4 Å². The average Bonchev–Trinajstić information content (AvgIpc) is 3.24. The number of rotatable bonds is 3. The SMILES string of the molecule is Cc1cc(C)c2nc(-n3nc(C)cc3NC(=O)c3ccc(C(C)(C)C)cc3)sc2c1. The Morgan fingerprint density at radius 3 is 2.40 bits per heavy atom. The number of nitrogens with one attached hydrogen (secondary N) is 1. The minimum absolute atomic E-state index is 0.0497. The van der Waals surface area contributed by atoms with Gasteiger partial charge in [0, 0.05) is 11.6 Å². The summed E-state index contributed by atoms with van der Waals surface area (Å²) in [5.74, 6) is 0.454. The fourth-order valence-corrected chi connectivity index (χ4v) is 4.60. The number of nitrogens with zero attached hydrogens (tertiary/aromatic N) is 3. The lowest BCUT2D eigenvalue weighted by atomic mass is 9.87. The molecule has 6 heteroatoms. The van der Waals surface area contributed by atoms with Crippen molar-refractivity contribution in [3.05, 3.63) is 70.4 Å². The summed E-state index contributed by atoms with van der Waals surface area (Å²) in [5, 5.41) is 8.32. The molecule has 0 aliphatic rings. The molecule has 154 valence electrons. The average molecular weight is 419 g/mol. The van der Waals surface area contributed by atoms with Gasteiger partial charge in [0.1, 0.15) is 5.82 Å². The monoisotopic (exact) mass is 418 g/mol. The molecule has 30 heavy (non-hydrogen) atoms. The summed E-state index contributed by atoms with van der Waals surface area (Å²) in [6.07, 6.45) is 0. The van der Waals surface area contributed by atoms with Crippen molar-refractivity contribution in [1.29, 1.82) is 0 Å². The number of anilines is 1. The normalized spacial score (nSPS) is 11.8. The maximum absolute atomic E-state index is 12.9. The molecule has 0 bridgehead atoms. The molecule has 4 aromatic rings. The van der Waals surface area contributed by atoms with Crippen LogP contribution < -0.4 is 5.32 Å². The summed E-state index contributed by atoms with van der Waals surface area (Å²) in [4.78, 5) is 17.7. The van der Waals surface area contributed by atoms with Crippen LogP contribution in [0.1, 0.15) is 53.5 Å². The van der Waals surface area contributed by atoms with Crippen LogP contribution in [0.2, 0.25) is 0 Å².